The minimum Gasteiger partial charge on any atom is -0.491 e. The maximum absolute atomic E-state index is 13.8. The third-order valence-corrected chi connectivity index (χ3v) is 7.20. The number of nitrogens with one attached hydrogen (secondary N) is 2. The first-order valence-corrected chi connectivity index (χ1v) is 16.6. The second kappa shape index (κ2) is 18.7. The number of hydrogen-bond acceptors (Lipinski definition) is 8. The molecular formula is C38H51N3O7. The van der Waals surface area contributed by atoms with Crippen LogP contribution in [-0.2, 0) is 27.3 Å². The van der Waals surface area contributed by atoms with Crippen molar-refractivity contribution in [3.63, 3.8) is 0 Å². The van der Waals surface area contributed by atoms with Gasteiger partial charge >= 0.3 is 12.1 Å². The van der Waals surface area contributed by atoms with Gasteiger partial charge in [-0.3, -0.25) is 4.79 Å². The molecule has 0 unspecified atom stereocenters. The molecular weight excluding hydrogens is 610 g/mol. The SMILES string of the molecule is CCN(CC)CCOC(=O)c1ccc(NC(=O)[C@@H](Cc2ccc(OCc3ccccc3)cc2)NC(=O)OC(C)(C)C)c(OCC(C)C)c1. The molecule has 48 heavy (non-hydrogen) atoms. The maximum atomic E-state index is 13.8. The van der Waals surface area contributed by atoms with Gasteiger partial charge in [0.1, 0.15) is 36.4 Å². The summed E-state index contributed by atoms with van der Waals surface area (Å²) in [5.41, 5.74) is 1.77. The average Bonchev–Trinajstić information content (AvgIpc) is 3.05. The van der Waals surface area contributed by atoms with Crippen molar-refractivity contribution in [2.24, 2.45) is 5.92 Å². The van der Waals surface area contributed by atoms with Crippen molar-refractivity contribution < 1.29 is 33.3 Å². The molecule has 1 atom stereocenters. The lowest BCUT2D eigenvalue weighted by atomic mass is 10.0. The molecule has 10 heteroatoms. The molecule has 260 valence electrons. The van der Waals surface area contributed by atoms with Gasteiger partial charge in [0.15, 0.2) is 0 Å². The number of benzene rings is 3. The van der Waals surface area contributed by atoms with Crippen molar-refractivity contribution in [3.05, 3.63) is 89.5 Å². The van der Waals surface area contributed by atoms with Crippen LogP contribution in [0.25, 0.3) is 0 Å². The zero-order valence-electron chi connectivity index (χ0n) is 29.3. The van der Waals surface area contributed by atoms with Crippen LogP contribution in [0.1, 0.15) is 70.0 Å². The van der Waals surface area contributed by atoms with Crippen LogP contribution in [-0.4, -0.2) is 67.4 Å². The van der Waals surface area contributed by atoms with Crippen LogP contribution in [0.5, 0.6) is 11.5 Å². The summed E-state index contributed by atoms with van der Waals surface area (Å²) in [5.74, 6) is 0.247. The highest BCUT2D eigenvalue weighted by atomic mass is 16.6. The Hall–Kier alpha value is -4.57. The predicted octanol–water partition coefficient (Wildman–Crippen LogP) is 6.87. The minimum absolute atomic E-state index is 0.184. The zero-order chi connectivity index (χ0) is 35.1. The molecule has 3 aromatic carbocycles. The quantitative estimate of drug-likeness (QED) is 0.151. The van der Waals surface area contributed by atoms with E-state index in [1.807, 2.05) is 68.4 Å². The maximum Gasteiger partial charge on any atom is 0.408 e. The molecule has 0 heterocycles. The second-order valence-electron chi connectivity index (χ2n) is 12.9. The number of anilines is 1. The van der Waals surface area contributed by atoms with E-state index in [1.54, 1.807) is 39.0 Å². The van der Waals surface area contributed by atoms with Crippen molar-refractivity contribution in [2.75, 3.05) is 38.2 Å². The third-order valence-electron chi connectivity index (χ3n) is 7.20. The lowest BCUT2D eigenvalue weighted by Gasteiger charge is -2.24. The van der Waals surface area contributed by atoms with Crippen LogP contribution in [0.15, 0.2) is 72.8 Å². The summed E-state index contributed by atoms with van der Waals surface area (Å²) in [6.45, 7) is 16.8. The number of ether oxygens (including phenoxy) is 4. The van der Waals surface area contributed by atoms with Crippen molar-refractivity contribution in [1.82, 2.24) is 10.2 Å². The average molecular weight is 662 g/mol. The third kappa shape index (κ3) is 13.3. The number of likely N-dealkylation sites (N-methyl/N-ethyl adjacent to an activating group) is 1. The Morgan fingerprint density at radius 2 is 1.54 bits per heavy atom. The molecule has 0 saturated heterocycles. The number of alkyl carbamates (subject to hydrolysis) is 1. The summed E-state index contributed by atoms with van der Waals surface area (Å²) in [6.07, 6.45) is -0.534. The molecule has 3 rings (SSSR count). The van der Waals surface area contributed by atoms with Gasteiger partial charge in [0.2, 0.25) is 5.91 Å². The highest BCUT2D eigenvalue weighted by molar-refractivity contribution is 5.99. The van der Waals surface area contributed by atoms with Crippen LogP contribution < -0.4 is 20.1 Å². The number of rotatable bonds is 17. The monoisotopic (exact) mass is 661 g/mol. The van der Waals surface area contributed by atoms with E-state index in [9.17, 15) is 14.4 Å². The van der Waals surface area contributed by atoms with E-state index in [2.05, 4.69) is 29.4 Å². The standard InChI is InChI=1S/C38H51N3O7/c1-8-41(9-2)21-22-45-36(43)30-17-20-32(34(24-30)47-25-27(3)4)39-35(42)33(40-37(44)48-38(5,6)7)23-28-15-18-31(19-16-28)46-26-29-13-11-10-12-14-29/h10-20,24,27,33H,8-9,21-23,25-26H2,1-7H3,(H,39,42)(H,40,44)/t33-/m1/s1. The number of nitrogens with zero attached hydrogens (tertiary/aromatic N) is 1. The molecule has 3 aromatic rings. The Bertz CT molecular complexity index is 1450. The number of amides is 2. The van der Waals surface area contributed by atoms with Gasteiger partial charge in [-0.2, -0.15) is 0 Å². The summed E-state index contributed by atoms with van der Waals surface area (Å²) >= 11 is 0. The molecule has 2 amide bonds. The van der Waals surface area contributed by atoms with Crippen molar-refractivity contribution >= 4 is 23.7 Å². The van der Waals surface area contributed by atoms with Crippen LogP contribution >= 0.6 is 0 Å². The van der Waals surface area contributed by atoms with Gasteiger partial charge in [-0.25, -0.2) is 9.59 Å². The van der Waals surface area contributed by atoms with Gasteiger partial charge in [-0.15, -0.1) is 0 Å². The molecule has 0 aliphatic carbocycles. The largest absolute Gasteiger partial charge is 0.491 e. The lowest BCUT2D eigenvalue weighted by Crippen LogP contribution is -2.47. The van der Waals surface area contributed by atoms with E-state index < -0.39 is 29.6 Å². The van der Waals surface area contributed by atoms with Crippen molar-refractivity contribution in [2.45, 2.75) is 73.1 Å². The molecule has 0 aliphatic rings. The number of carbonyl (C=O) groups is 3. The van der Waals surface area contributed by atoms with Gasteiger partial charge < -0.3 is 34.5 Å². The smallest absolute Gasteiger partial charge is 0.408 e. The topological polar surface area (TPSA) is 115 Å². The summed E-state index contributed by atoms with van der Waals surface area (Å²) in [7, 11) is 0. The Morgan fingerprint density at radius 1 is 0.854 bits per heavy atom. The first-order valence-electron chi connectivity index (χ1n) is 16.6. The molecule has 10 nitrogen and oxygen atoms in total. The highest BCUT2D eigenvalue weighted by Gasteiger charge is 2.26. The summed E-state index contributed by atoms with van der Waals surface area (Å²) < 4.78 is 22.9. The van der Waals surface area contributed by atoms with Gasteiger partial charge in [0.05, 0.1) is 17.9 Å². The highest BCUT2D eigenvalue weighted by Crippen LogP contribution is 2.28. The van der Waals surface area contributed by atoms with Crippen LogP contribution in [0.2, 0.25) is 0 Å². The van der Waals surface area contributed by atoms with Crippen molar-refractivity contribution in [3.8, 4) is 11.5 Å². The Balaban J connectivity index is 1.77. The molecule has 0 fully saturated rings. The van der Waals surface area contributed by atoms with Gasteiger partial charge in [-0.1, -0.05) is 70.2 Å². The molecule has 0 bridgehead atoms. The second-order valence-corrected chi connectivity index (χ2v) is 12.9. The fourth-order valence-corrected chi connectivity index (χ4v) is 4.60. The fraction of sp³-hybridized carbons (Fsp3) is 0.447. The summed E-state index contributed by atoms with van der Waals surface area (Å²) in [6, 6.07) is 21.0. The Kier molecular flexibility index (Phi) is 14.7. The van der Waals surface area contributed by atoms with E-state index in [0.29, 0.717) is 42.5 Å². The number of hydrogen-bond donors (Lipinski definition) is 2. The molecule has 0 aromatic heterocycles. The summed E-state index contributed by atoms with van der Waals surface area (Å²) in [4.78, 5) is 41.6. The number of esters is 1. The van der Waals surface area contributed by atoms with E-state index in [4.69, 9.17) is 18.9 Å². The van der Waals surface area contributed by atoms with Crippen LogP contribution in [0.4, 0.5) is 10.5 Å². The van der Waals surface area contributed by atoms with Crippen molar-refractivity contribution in [1.29, 1.82) is 0 Å². The fourth-order valence-electron chi connectivity index (χ4n) is 4.60. The predicted molar refractivity (Wildman–Crippen MR) is 188 cm³/mol. The number of carbonyl (C=O) groups excluding carboxylic acids is 3. The van der Waals surface area contributed by atoms with E-state index in [1.165, 1.54) is 0 Å². The Labute approximate surface area is 285 Å². The first kappa shape index (κ1) is 37.9. The normalized spacial score (nSPS) is 11.9. The molecule has 2 N–H and O–H groups in total. The van der Waals surface area contributed by atoms with E-state index in [-0.39, 0.29) is 18.9 Å². The van der Waals surface area contributed by atoms with Gasteiger partial charge in [0, 0.05) is 13.0 Å². The zero-order valence-corrected chi connectivity index (χ0v) is 29.3. The van der Waals surface area contributed by atoms with E-state index >= 15 is 0 Å². The summed E-state index contributed by atoms with van der Waals surface area (Å²) in [5, 5.41) is 5.62. The Morgan fingerprint density at radius 3 is 2.17 bits per heavy atom. The molecule has 0 radical (unpaired) electrons. The lowest BCUT2D eigenvalue weighted by molar-refractivity contribution is -0.118. The molecule has 0 saturated carbocycles. The van der Waals surface area contributed by atoms with Gasteiger partial charge in [0.25, 0.3) is 0 Å². The van der Waals surface area contributed by atoms with Crippen LogP contribution in [0, 0.1) is 5.92 Å². The van der Waals surface area contributed by atoms with Crippen LogP contribution in [0.3, 0.4) is 0 Å². The minimum atomic E-state index is -0.987. The van der Waals surface area contributed by atoms with E-state index in [0.717, 1.165) is 24.2 Å². The van der Waals surface area contributed by atoms with Gasteiger partial charge in [-0.05, 0) is 81.2 Å². The molecule has 0 aliphatic heterocycles. The first-order chi connectivity index (χ1) is 22.9. The molecule has 0 spiro atoms.